The van der Waals surface area contributed by atoms with Crippen molar-refractivity contribution in [2.24, 2.45) is 0 Å². The van der Waals surface area contributed by atoms with Crippen LogP contribution in [0.2, 0.25) is 0 Å². The average Bonchev–Trinajstić information content (AvgIpc) is 2.06. The molecule has 12 heavy (non-hydrogen) atoms. The van der Waals surface area contributed by atoms with Crippen LogP contribution in [0.25, 0.3) is 10.8 Å². The van der Waals surface area contributed by atoms with Gasteiger partial charge in [-0.25, -0.2) is 5.10 Å². The first kappa shape index (κ1) is 9.14. The molecule has 1 heterocycles. The standard InChI is InChI=1S/C8H6N2O.Pt/c11-8-7-4-2-1-3-6(7)5-9-10-8;/h1-5H,(H,10,11);. The first-order chi connectivity index (χ1) is 5.38. The van der Waals surface area contributed by atoms with Gasteiger partial charge in [0.15, 0.2) is 0 Å². The van der Waals surface area contributed by atoms with Gasteiger partial charge >= 0.3 is 0 Å². The fraction of sp³-hybridized carbons (Fsp3) is 0. The number of aromatic nitrogens is 2. The molecule has 0 spiro atoms. The molecule has 1 aromatic carbocycles. The minimum Gasteiger partial charge on any atom is -0.267 e. The Morgan fingerprint density at radius 2 is 2.00 bits per heavy atom. The van der Waals surface area contributed by atoms with Gasteiger partial charge in [-0.3, -0.25) is 4.79 Å². The van der Waals surface area contributed by atoms with Crippen molar-refractivity contribution < 1.29 is 21.1 Å². The minimum atomic E-state index is -0.136. The van der Waals surface area contributed by atoms with Crippen LogP contribution < -0.4 is 5.56 Å². The SMILES string of the molecule is O=c1[nH]ncc2ccccc12.[Pt]. The fourth-order valence-corrected chi connectivity index (χ4v) is 1.04. The van der Waals surface area contributed by atoms with Crippen LogP contribution in [-0.4, -0.2) is 10.2 Å². The molecule has 0 amide bonds. The molecule has 0 saturated carbocycles. The molecule has 0 atom stereocenters. The Morgan fingerprint density at radius 3 is 2.75 bits per heavy atom. The number of H-pyrrole nitrogens is 1. The topological polar surface area (TPSA) is 45.8 Å². The number of hydrogen-bond acceptors (Lipinski definition) is 2. The van der Waals surface area contributed by atoms with Crippen molar-refractivity contribution in [3.8, 4) is 0 Å². The van der Waals surface area contributed by atoms with Crippen molar-refractivity contribution in [3.63, 3.8) is 0 Å². The van der Waals surface area contributed by atoms with Crippen molar-refractivity contribution in [3.05, 3.63) is 40.8 Å². The molecule has 2 aromatic rings. The van der Waals surface area contributed by atoms with Gasteiger partial charge in [0.1, 0.15) is 0 Å². The molecule has 0 aliphatic heterocycles. The number of nitrogens with one attached hydrogen (secondary N) is 1. The molecule has 64 valence electrons. The zero-order valence-electron chi connectivity index (χ0n) is 6.06. The molecular formula is C8H6N2OPt. The van der Waals surface area contributed by atoms with E-state index in [2.05, 4.69) is 10.2 Å². The molecule has 3 nitrogen and oxygen atoms in total. The molecule has 0 unspecified atom stereocenters. The van der Waals surface area contributed by atoms with Crippen LogP contribution in [0, 0.1) is 0 Å². The fourth-order valence-electron chi connectivity index (χ4n) is 1.04. The summed E-state index contributed by atoms with van der Waals surface area (Å²) in [5, 5.41) is 7.60. The van der Waals surface area contributed by atoms with Crippen LogP contribution in [0.15, 0.2) is 35.3 Å². The van der Waals surface area contributed by atoms with Gasteiger partial charge in [0.05, 0.1) is 6.20 Å². The Kier molecular flexibility index (Phi) is 2.77. The maximum Gasteiger partial charge on any atom is 0.272 e. The van der Waals surface area contributed by atoms with Gasteiger partial charge in [-0.2, -0.15) is 5.10 Å². The first-order valence-electron chi connectivity index (χ1n) is 3.30. The molecule has 0 aliphatic rings. The summed E-state index contributed by atoms with van der Waals surface area (Å²) in [6.45, 7) is 0. The number of benzene rings is 1. The van der Waals surface area contributed by atoms with E-state index in [1.54, 1.807) is 12.3 Å². The van der Waals surface area contributed by atoms with E-state index in [-0.39, 0.29) is 26.6 Å². The third-order valence-electron chi connectivity index (χ3n) is 1.58. The van der Waals surface area contributed by atoms with Crippen LogP contribution >= 0.6 is 0 Å². The summed E-state index contributed by atoms with van der Waals surface area (Å²) >= 11 is 0. The first-order valence-corrected chi connectivity index (χ1v) is 3.30. The zero-order chi connectivity index (χ0) is 7.68. The molecule has 0 fully saturated rings. The summed E-state index contributed by atoms with van der Waals surface area (Å²) in [6, 6.07) is 7.34. The summed E-state index contributed by atoms with van der Waals surface area (Å²) in [5.74, 6) is 0. The molecule has 0 radical (unpaired) electrons. The van der Waals surface area contributed by atoms with Crippen LogP contribution in [0.1, 0.15) is 0 Å². The van der Waals surface area contributed by atoms with Crippen molar-refractivity contribution in [2.45, 2.75) is 0 Å². The van der Waals surface area contributed by atoms with E-state index in [4.69, 9.17) is 0 Å². The molecule has 0 bridgehead atoms. The van der Waals surface area contributed by atoms with Crippen molar-refractivity contribution in [1.29, 1.82) is 0 Å². The summed E-state index contributed by atoms with van der Waals surface area (Å²) < 4.78 is 0. The number of aromatic amines is 1. The minimum absolute atomic E-state index is 0. The van der Waals surface area contributed by atoms with Crippen LogP contribution in [0.3, 0.4) is 0 Å². The molecular weight excluding hydrogens is 335 g/mol. The number of nitrogens with zero attached hydrogens (tertiary/aromatic N) is 1. The Labute approximate surface area is 83.1 Å². The second-order valence-corrected chi connectivity index (χ2v) is 2.29. The molecule has 1 N–H and O–H groups in total. The Morgan fingerprint density at radius 1 is 1.25 bits per heavy atom. The van der Waals surface area contributed by atoms with E-state index in [1.807, 2.05) is 18.2 Å². The van der Waals surface area contributed by atoms with Gasteiger partial charge in [0, 0.05) is 31.8 Å². The van der Waals surface area contributed by atoms with Gasteiger partial charge in [0.25, 0.3) is 5.56 Å². The van der Waals surface area contributed by atoms with Crippen molar-refractivity contribution >= 4 is 10.8 Å². The van der Waals surface area contributed by atoms with Gasteiger partial charge in [0.2, 0.25) is 0 Å². The summed E-state index contributed by atoms with van der Waals surface area (Å²) in [5.41, 5.74) is -0.136. The van der Waals surface area contributed by atoms with E-state index < -0.39 is 0 Å². The maximum atomic E-state index is 11.1. The third kappa shape index (κ3) is 1.46. The predicted octanol–water partition coefficient (Wildman–Crippen LogP) is 0.921. The average molecular weight is 341 g/mol. The monoisotopic (exact) mass is 341 g/mol. The Bertz CT molecular complexity index is 433. The number of fused-ring (bicyclic) bond motifs is 1. The van der Waals surface area contributed by atoms with Gasteiger partial charge in [-0.05, 0) is 6.07 Å². The second kappa shape index (κ2) is 3.63. The van der Waals surface area contributed by atoms with Gasteiger partial charge < -0.3 is 0 Å². The molecule has 0 saturated heterocycles. The Balaban J connectivity index is 0.000000720. The van der Waals surface area contributed by atoms with Crippen molar-refractivity contribution in [1.82, 2.24) is 10.2 Å². The third-order valence-corrected chi connectivity index (χ3v) is 1.58. The summed E-state index contributed by atoms with van der Waals surface area (Å²) in [6.07, 6.45) is 1.64. The van der Waals surface area contributed by atoms with Crippen molar-refractivity contribution in [2.75, 3.05) is 0 Å². The second-order valence-electron chi connectivity index (χ2n) is 2.29. The van der Waals surface area contributed by atoms with Crippen LogP contribution in [0.4, 0.5) is 0 Å². The van der Waals surface area contributed by atoms with E-state index in [0.29, 0.717) is 5.39 Å². The summed E-state index contributed by atoms with van der Waals surface area (Å²) in [7, 11) is 0. The van der Waals surface area contributed by atoms with E-state index >= 15 is 0 Å². The summed E-state index contributed by atoms with van der Waals surface area (Å²) in [4.78, 5) is 11.1. The van der Waals surface area contributed by atoms with E-state index in [0.717, 1.165) is 5.39 Å². The smallest absolute Gasteiger partial charge is 0.267 e. The number of rotatable bonds is 0. The maximum absolute atomic E-state index is 11.1. The molecule has 1 aromatic heterocycles. The largest absolute Gasteiger partial charge is 0.272 e. The van der Waals surface area contributed by atoms with Crippen LogP contribution in [-0.2, 0) is 21.1 Å². The quantitative estimate of drug-likeness (QED) is 0.775. The molecule has 2 rings (SSSR count). The molecule has 0 aliphatic carbocycles. The van der Waals surface area contributed by atoms with Crippen LogP contribution in [0.5, 0.6) is 0 Å². The van der Waals surface area contributed by atoms with Gasteiger partial charge in [-0.15, -0.1) is 0 Å². The molecule has 4 heteroatoms. The van der Waals surface area contributed by atoms with E-state index in [1.165, 1.54) is 0 Å². The van der Waals surface area contributed by atoms with E-state index in [9.17, 15) is 4.79 Å². The normalized spacial score (nSPS) is 9.33. The Hall–Kier alpha value is -0.952. The number of hydrogen-bond donors (Lipinski definition) is 1. The van der Waals surface area contributed by atoms with Gasteiger partial charge in [-0.1, -0.05) is 18.2 Å². The zero-order valence-corrected chi connectivity index (χ0v) is 8.33. The predicted molar refractivity (Wildman–Crippen MR) is 42.4 cm³/mol.